The Balaban J connectivity index is 2.19. The molecular formula is C13H15ClN2O5. The molecule has 0 aromatic heterocycles. The number of ether oxygens (including phenoxy) is 1. The molecule has 21 heavy (non-hydrogen) atoms. The number of aliphatic hydroxyl groups is 1. The van der Waals surface area contributed by atoms with Gasteiger partial charge in [0.2, 0.25) is 0 Å². The number of urea groups is 1. The lowest BCUT2D eigenvalue weighted by atomic mass is 10.1. The van der Waals surface area contributed by atoms with Crippen LogP contribution in [0, 0.1) is 0 Å². The molecule has 1 aliphatic heterocycles. The van der Waals surface area contributed by atoms with Crippen molar-refractivity contribution in [3.63, 3.8) is 0 Å². The van der Waals surface area contributed by atoms with Gasteiger partial charge in [0.1, 0.15) is 5.56 Å². The number of aromatic carboxylic acids is 1. The van der Waals surface area contributed by atoms with Crippen molar-refractivity contribution in [1.82, 2.24) is 4.90 Å². The highest BCUT2D eigenvalue weighted by Gasteiger charge is 2.27. The second-order valence-corrected chi connectivity index (χ2v) is 4.91. The second-order valence-electron chi connectivity index (χ2n) is 4.50. The number of rotatable bonds is 3. The number of anilines is 1. The summed E-state index contributed by atoms with van der Waals surface area (Å²) in [6.45, 7) is 0.700. The number of carboxylic acids is 1. The Morgan fingerprint density at radius 2 is 2.24 bits per heavy atom. The summed E-state index contributed by atoms with van der Waals surface area (Å²) in [5.74, 6) is -1.23. The quantitative estimate of drug-likeness (QED) is 0.780. The lowest BCUT2D eigenvalue weighted by Gasteiger charge is -2.34. The van der Waals surface area contributed by atoms with E-state index in [9.17, 15) is 14.7 Å². The van der Waals surface area contributed by atoms with Crippen molar-refractivity contribution in [3.05, 3.63) is 28.8 Å². The van der Waals surface area contributed by atoms with Crippen molar-refractivity contribution >= 4 is 29.3 Å². The first-order valence-corrected chi connectivity index (χ1v) is 6.70. The summed E-state index contributed by atoms with van der Waals surface area (Å²) in [5, 5.41) is 21.0. The van der Waals surface area contributed by atoms with Crippen LogP contribution in [0.1, 0.15) is 10.4 Å². The summed E-state index contributed by atoms with van der Waals surface area (Å²) >= 11 is 5.84. The summed E-state index contributed by atoms with van der Waals surface area (Å²) in [7, 11) is 0. The topological polar surface area (TPSA) is 99.1 Å². The number of morpholine rings is 1. The van der Waals surface area contributed by atoms with Crippen molar-refractivity contribution in [2.45, 2.75) is 6.04 Å². The molecule has 1 heterocycles. The van der Waals surface area contributed by atoms with Crippen LogP contribution in [0.15, 0.2) is 18.2 Å². The maximum atomic E-state index is 12.2. The fourth-order valence-electron chi connectivity index (χ4n) is 2.11. The Morgan fingerprint density at radius 1 is 1.48 bits per heavy atom. The van der Waals surface area contributed by atoms with Crippen LogP contribution in [0.2, 0.25) is 5.02 Å². The van der Waals surface area contributed by atoms with Crippen LogP contribution in [0.4, 0.5) is 10.5 Å². The highest BCUT2D eigenvalue weighted by molar-refractivity contribution is 6.34. The van der Waals surface area contributed by atoms with Gasteiger partial charge in [0.25, 0.3) is 0 Å². The Hall–Kier alpha value is -1.83. The monoisotopic (exact) mass is 314 g/mol. The minimum absolute atomic E-state index is 0.0426. The van der Waals surface area contributed by atoms with Crippen LogP contribution >= 0.6 is 11.6 Å². The first-order chi connectivity index (χ1) is 10.0. The van der Waals surface area contributed by atoms with Gasteiger partial charge in [0.05, 0.1) is 36.6 Å². The summed E-state index contributed by atoms with van der Waals surface area (Å²) in [6.07, 6.45) is 0. The second kappa shape index (κ2) is 6.75. The van der Waals surface area contributed by atoms with Gasteiger partial charge in [0, 0.05) is 6.54 Å². The molecule has 114 valence electrons. The number of aliphatic hydroxyl groups excluding tert-OH is 1. The van der Waals surface area contributed by atoms with E-state index in [0.717, 1.165) is 0 Å². The van der Waals surface area contributed by atoms with E-state index in [0.29, 0.717) is 13.2 Å². The molecule has 7 nitrogen and oxygen atoms in total. The number of hydrogen-bond donors (Lipinski definition) is 3. The van der Waals surface area contributed by atoms with Crippen LogP contribution in [0.3, 0.4) is 0 Å². The summed E-state index contributed by atoms with van der Waals surface area (Å²) < 4.78 is 5.19. The number of halogens is 1. The fraction of sp³-hybridized carbons (Fsp3) is 0.385. The van der Waals surface area contributed by atoms with E-state index < -0.39 is 18.0 Å². The zero-order valence-electron chi connectivity index (χ0n) is 11.1. The third-order valence-corrected chi connectivity index (χ3v) is 3.48. The molecule has 0 radical (unpaired) electrons. The number of carbonyl (C=O) groups excluding carboxylic acids is 1. The predicted molar refractivity (Wildman–Crippen MR) is 75.8 cm³/mol. The average molecular weight is 315 g/mol. The van der Waals surface area contributed by atoms with Crippen LogP contribution in [0.25, 0.3) is 0 Å². The SMILES string of the molecule is O=C(O)c1c(Cl)cccc1NC(=O)N1CCOCC1CO. The lowest BCUT2D eigenvalue weighted by molar-refractivity contribution is -0.00485. The lowest BCUT2D eigenvalue weighted by Crippen LogP contribution is -2.52. The van der Waals surface area contributed by atoms with Crippen LogP contribution in [-0.4, -0.2) is 59.5 Å². The molecule has 1 aromatic carbocycles. The van der Waals surface area contributed by atoms with E-state index in [-0.39, 0.29) is 29.5 Å². The Bertz CT molecular complexity index is 551. The van der Waals surface area contributed by atoms with Gasteiger partial charge in [-0.05, 0) is 12.1 Å². The molecular weight excluding hydrogens is 300 g/mol. The molecule has 1 aliphatic rings. The van der Waals surface area contributed by atoms with Crippen LogP contribution in [-0.2, 0) is 4.74 Å². The van der Waals surface area contributed by atoms with Crippen LogP contribution < -0.4 is 5.32 Å². The van der Waals surface area contributed by atoms with E-state index in [1.165, 1.54) is 17.0 Å². The molecule has 8 heteroatoms. The fourth-order valence-corrected chi connectivity index (χ4v) is 2.36. The summed E-state index contributed by atoms with van der Waals surface area (Å²) in [6, 6.07) is 3.49. The highest BCUT2D eigenvalue weighted by Crippen LogP contribution is 2.25. The molecule has 1 aromatic rings. The molecule has 1 saturated heterocycles. The molecule has 2 amide bonds. The number of nitrogens with zero attached hydrogens (tertiary/aromatic N) is 1. The first kappa shape index (κ1) is 15.6. The minimum Gasteiger partial charge on any atom is -0.478 e. The van der Waals surface area contributed by atoms with Gasteiger partial charge in [0.15, 0.2) is 0 Å². The van der Waals surface area contributed by atoms with Gasteiger partial charge in [-0.15, -0.1) is 0 Å². The predicted octanol–water partition coefficient (Wildman–Crippen LogP) is 1.26. The minimum atomic E-state index is -1.23. The van der Waals surface area contributed by atoms with Crippen molar-refractivity contribution in [3.8, 4) is 0 Å². The molecule has 0 aliphatic carbocycles. The molecule has 0 spiro atoms. The van der Waals surface area contributed by atoms with Gasteiger partial charge in [-0.25, -0.2) is 9.59 Å². The molecule has 0 bridgehead atoms. The zero-order valence-corrected chi connectivity index (χ0v) is 11.8. The van der Waals surface area contributed by atoms with Gasteiger partial charge in [-0.3, -0.25) is 0 Å². The normalized spacial score (nSPS) is 18.4. The van der Waals surface area contributed by atoms with E-state index in [2.05, 4.69) is 5.32 Å². The van der Waals surface area contributed by atoms with Gasteiger partial charge in [-0.1, -0.05) is 17.7 Å². The Morgan fingerprint density at radius 3 is 2.90 bits per heavy atom. The van der Waals surface area contributed by atoms with E-state index in [1.54, 1.807) is 6.07 Å². The molecule has 3 N–H and O–H groups in total. The standard InChI is InChI=1S/C13H15ClN2O5/c14-9-2-1-3-10(11(9)12(18)19)15-13(20)16-4-5-21-7-8(16)6-17/h1-3,8,17H,4-7H2,(H,15,20)(H,18,19). The smallest absolute Gasteiger partial charge is 0.339 e. The summed E-state index contributed by atoms with van der Waals surface area (Å²) in [5.41, 5.74) is -0.0514. The number of hydrogen-bond acceptors (Lipinski definition) is 4. The number of carboxylic acid groups (broad SMARTS) is 1. The number of nitrogens with one attached hydrogen (secondary N) is 1. The van der Waals surface area contributed by atoms with E-state index >= 15 is 0 Å². The molecule has 1 atom stereocenters. The van der Waals surface area contributed by atoms with Gasteiger partial charge in [-0.2, -0.15) is 0 Å². The van der Waals surface area contributed by atoms with Gasteiger partial charge >= 0.3 is 12.0 Å². The van der Waals surface area contributed by atoms with Crippen molar-refractivity contribution in [2.75, 3.05) is 31.7 Å². The average Bonchev–Trinajstić information content (AvgIpc) is 2.46. The summed E-state index contributed by atoms with van der Waals surface area (Å²) in [4.78, 5) is 24.9. The van der Waals surface area contributed by atoms with E-state index in [4.69, 9.17) is 21.4 Å². The Kier molecular flexibility index (Phi) is 5.00. The first-order valence-electron chi connectivity index (χ1n) is 6.32. The third-order valence-electron chi connectivity index (χ3n) is 3.17. The van der Waals surface area contributed by atoms with Crippen LogP contribution in [0.5, 0.6) is 0 Å². The number of amides is 2. The van der Waals surface area contributed by atoms with Crippen molar-refractivity contribution < 1.29 is 24.5 Å². The zero-order chi connectivity index (χ0) is 15.4. The maximum absolute atomic E-state index is 12.2. The van der Waals surface area contributed by atoms with Crippen molar-refractivity contribution in [2.24, 2.45) is 0 Å². The molecule has 1 unspecified atom stereocenters. The number of benzene rings is 1. The molecule has 0 saturated carbocycles. The van der Waals surface area contributed by atoms with Gasteiger partial charge < -0.3 is 25.2 Å². The Labute approximate surface area is 126 Å². The third kappa shape index (κ3) is 3.44. The van der Waals surface area contributed by atoms with E-state index in [1.807, 2.05) is 0 Å². The highest BCUT2D eigenvalue weighted by atomic mass is 35.5. The largest absolute Gasteiger partial charge is 0.478 e. The number of carbonyl (C=O) groups is 2. The molecule has 1 fully saturated rings. The maximum Gasteiger partial charge on any atom is 0.339 e. The molecule has 2 rings (SSSR count). The van der Waals surface area contributed by atoms with Crippen molar-refractivity contribution in [1.29, 1.82) is 0 Å².